The average Bonchev–Trinajstić information content (AvgIpc) is 3.45. The van der Waals surface area contributed by atoms with Crippen LogP contribution in [0.1, 0.15) is 51.5 Å². The Bertz CT molecular complexity index is 1250. The summed E-state index contributed by atoms with van der Waals surface area (Å²) in [4.78, 5) is 28.2. The number of rotatable bonds is 16. The number of aromatic nitrogens is 2. The van der Waals surface area contributed by atoms with Gasteiger partial charge in [0.2, 0.25) is 16.9 Å². The monoisotopic (exact) mass is 568 g/mol. The lowest BCUT2D eigenvalue weighted by atomic mass is 9.97. The quantitative estimate of drug-likeness (QED) is 0.231. The highest BCUT2D eigenvalue weighted by molar-refractivity contribution is 7.18. The second kappa shape index (κ2) is 15.8. The molecule has 0 radical (unpaired) electrons. The Hall–Kier alpha value is -3.66. The number of anilines is 1. The molecule has 1 atom stereocenters. The van der Waals surface area contributed by atoms with Crippen LogP contribution in [0.3, 0.4) is 0 Å². The van der Waals surface area contributed by atoms with Crippen molar-refractivity contribution in [3.05, 3.63) is 48.0 Å². The molecule has 0 saturated carbocycles. The topological polar surface area (TPSA) is 103 Å². The highest BCUT2D eigenvalue weighted by Gasteiger charge is 2.23. The number of nitrogens with zero attached hydrogens (tertiary/aromatic N) is 3. The minimum Gasteiger partial charge on any atom is -0.497 e. The molecule has 1 heterocycles. The zero-order valence-electron chi connectivity index (χ0n) is 24.1. The zero-order chi connectivity index (χ0) is 28.9. The molecule has 0 aliphatic rings. The third-order valence-electron chi connectivity index (χ3n) is 6.78. The normalized spacial score (nSPS) is 11.5. The van der Waals surface area contributed by atoms with E-state index in [1.165, 1.54) is 11.3 Å². The number of hydrogen-bond acceptors (Lipinski definition) is 8. The zero-order valence-corrected chi connectivity index (χ0v) is 24.9. The van der Waals surface area contributed by atoms with Gasteiger partial charge in [-0.2, -0.15) is 0 Å². The number of amides is 2. The number of unbranched alkanes of at least 4 members (excludes halogenated alkanes) is 1. The summed E-state index contributed by atoms with van der Waals surface area (Å²) in [6.07, 6.45) is 4.46. The fourth-order valence-corrected chi connectivity index (χ4v) is 5.16. The largest absolute Gasteiger partial charge is 0.497 e. The van der Waals surface area contributed by atoms with Gasteiger partial charge in [-0.05, 0) is 49.1 Å². The molecule has 0 saturated heterocycles. The van der Waals surface area contributed by atoms with Crippen LogP contribution in [0.4, 0.5) is 5.13 Å². The van der Waals surface area contributed by atoms with Crippen molar-refractivity contribution < 1.29 is 23.8 Å². The summed E-state index contributed by atoms with van der Waals surface area (Å²) in [5.74, 6) is 1.87. The molecule has 0 fully saturated rings. The first-order valence-corrected chi connectivity index (χ1v) is 14.5. The van der Waals surface area contributed by atoms with Crippen LogP contribution >= 0.6 is 11.3 Å². The molecule has 1 unspecified atom stereocenters. The second-order valence-corrected chi connectivity index (χ2v) is 10.4. The van der Waals surface area contributed by atoms with Crippen molar-refractivity contribution in [3.63, 3.8) is 0 Å². The molecule has 0 aliphatic heterocycles. The summed E-state index contributed by atoms with van der Waals surface area (Å²) < 4.78 is 16.1. The van der Waals surface area contributed by atoms with Gasteiger partial charge in [0.05, 0.1) is 21.3 Å². The first-order chi connectivity index (χ1) is 19.4. The van der Waals surface area contributed by atoms with E-state index in [9.17, 15) is 9.59 Å². The summed E-state index contributed by atoms with van der Waals surface area (Å²) >= 11 is 1.29. The molecule has 2 aromatic carbocycles. The highest BCUT2D eigenvalue weighted by Crippen LogP contribution is 2.29. The van der Waals surface area contributed by atoms with Gasteiger partial charge >= 0.3 is 0 Å². The van der Waals surface area contributed by atoms with Crippen LogP contribution in [0, 0.1) is 5.92 Å². The van der Waals surface area contributed by atoms with E-state index in [2.05, 4.69) is 22.4 Å². The summed E-state index contributed by atoms with van der Waals surface area (Å²) in [5, 5.41) is 12.3. The van der Waals surface area contributed by atoms with Crippen molar-refractivity contribution >= 4 is 28.3 Å². The fraction of sp³-hybridized carbons (Fsp3) is 0.467. The van der Waals surface area contributed by atoms with Gasteiger partial charge in [-0.25, -0.2) is 0 Å². The Morgan fingerprint density at radius 1 is 0.975 bits per heavy atom. The van der Waals surface area contributed by atoms with E-state index < -0.39 is 0 Å². The third-order valence-corrected chi connectivity index (χ3v) is 7.66. The Labute approximate surface area is 240 Å². The SMILES string of the molecule is CCCCC(CC)C(=O)N(CCC(=O)Nc1nnc(-c2cccc(OC)c2)s1)CCc1ccc(OC)c(OC)c1. The number of carbonyl (C=O) groups excluding carboxylic acids is 2. The lowest BCUT2D eigenvalue weighted by Gasteiger charge is -2.27. The van der Waals surface area contributed by atoms with E-state index in [1.807, 2.05) is 54.3 Å². The van der Waals surface area contributed by atoms with Crippen LogP contribution in [-0.4, -0.2) is 61.3 Å². The molecule has 1 N–H and O–H groups in total. The van der Waals surface area contributed by atoms with Crippen LogP contribution < -0.4 is 19.5 Å². The average molecular weight is 569 g/mol. The summed E-state index contributed by atoms with van der Waals surface area (Å²) in [7, 11) is 4.82. The minimum atomic E-state index is -0.209. The lowest BCUT2D eigenvalue weighted by Crippen LogP contribution is -2.39. The Balaban J connectivity index is 1.66. The van der Waals surface area contributed by atoms with E-state index in [0.29, 0.717) is 41.1 Å². The number of ether oxygens (including phenoxy) is 3. The van der Waals surface area contributed by atoms with Crippen molar-refractivity contribution in [1.29, 1.82) is 0 Å². The maximum absolute atomic E-state index is 13.5. The van der Waals surface area contributed by atoms with Crippen LogP contribution in [0.2, 0.25) is 0 Å². The van der Waals surface area contributed by atoms with Gasteiger partial charge in [0.1, 0.15) is 10.8 Å². The molecule has 3 aromatic rings. The van der Waals surface area contributed by atoms with Crippen LogP contribution in [0.5, 0.6) is 17.2 Å². The van der Waals surface area contributed by atoms with E-state index >= 15 is 0 Å². The van der Waals surface area contributed by atoms with E-state index in [-0.39, 0.29) is 24.2 Å². The van der Waals surface area contributed by atoms with Gasteiger partial charge in [-0.3, -0.25) is 9.59 Å². The number of hydrogen-bond donors (Lipinski definition) is 1. The van der Waals surface area contributed by atoms with Gasteiger partial charge in [0, 0.05) is 31.0 Å². The number of carbonyl (C=O) groups is 2. The van der Waals surface area contributed by atoms with Crippen LogP contribution in [0.25, 0.3) is 10.6 Å². The van der Waals surface area contributed by atoms with Crippen molar-refractivity contribution in [2.75, 3.05) is 39.7 Å². The maximum Gasteiger partial charge on any atom is 0.227 e. The Morgan fingerprint density at radius 3 is 2.48 bits per heavy atom. The molecule has 3 rings (SSSR count). The van der Waals surface area contributed by atoms with Crippen molar-refractivity contribution in [1.82, 2.24) is 15.1 Å². The van der Waals surface area contributed by atoms with Gasteiger partial charge in [0.15, 0.2) is 11.5 Å². The van der Waals surface area contributed by atoms with E-state index in [1.54, 1.807) is 21.3 Å². The molecule has 0 spiro atoms. The number of nitrogens with one attached hydrogen (secondary N) is 1. The summed E-state index contributed by atoms with van der Waals surface area (Å²) in [6.45, 7) is 5.00. The lowest BCUT2D eigenvalue weighted by molar-refractivity contribution is -0.136. The van der Waals surface area contributed by atoms with E-state index in [4.69, 9.17) is 14.2 Å². The van der Waals surface area contributed by atoms with E-state index in [0.717, 1.165) is 42.6 Å². The van der Waals surface area contributed by atoms with Crippen molar-refractivity contribution in [3.8, 4) is 27.8 Å². The van der Waals surface area contributed by atoms with Gasteiger partial charge in [0.25, 0.3) is 0 Å². The Morgan fingerprint density at radius 2 is 1.77 bits per heavy atom. The first kappa shape index (κ1) is 30.9. The van der Waals surface area contributed by atoms with Crippen molar-refractivity contribution in [2.24, 2.45) is 5.92 Å². The number of methoxy groups -OCH3 is 3. The summed E-state index contributed by atoms with van der Waals surface area (Å²) in [6, 6.07) is 13.3. The fourth-order valence-electron chi connectivity index (χ4n) is 4.41. The molecule has 216 valence electrons. The number of benzene rings is 2. The standard InChI is InChI=1S/C30H40N4O5S/c1-6-8-10-22(7-2)29(36)34(17-15-21-13-14-25(38-4)26(19-21)39-5)18-16-27(35)31-30-33-32-28(40-30)23-11-9-12-24(20-23)37-3/h9,11-14,19-20,22H,6-8,10,15-18H2,1-5H3,(H,31,33,35). The van der Waals surface area contributed by atoms with Gasteiger partial charge in [-0.15, -0.1) is 10.2 Å². The Kier molecular flexibility index (Phi) is 12.2. The van der Waals surface area contributed by atoms with Gasteiger partial charge in [-0.1, -0.05) is 56.2 Å². The van der Waals surface area contributed by atoms with Crippen LogP contribution in [-0.2, 0) is 16.0 Å². The molecule has 9 nitrogen and oxygen atoms in total. The molecule has 40 heavy (non-hydrogen) atoms. The third kappa shape index (κ3) is 8.67. The first-order valence-electron chi connectivity index (χ1n) is 13.7. The molecule has 0 bridgehead atoms. The van der Waals surface area contributed by atoms with Crippen LogP contribution in [0.15, 0.2) is 42.5 Å². The molecular formula is C30H40N4O5S. The van der Waals surface area contributed by atoms with Crippen molar-refractivity contribution in [2.45, 2.75) is 52.4 Å². The molecule has 2 amide bonds. The van der Waals surface area contributed by atoms with Gasteiger partial charge < -0.3 is 24.4 Å². The molecular weight excluding hydrogens is 528 g/mol. The molecule has 1 aromatic heterocycles. The predicted molar refractivity (Wildman–Crippen MR) is 158 cm³/mol. The highest BCUT2D eigenvalue weighted by atomic mass is 32.1. The summed E-state index contributed by atoms with van der Waals surface area (Å²) in [5.41, 5.74) is 1.89. The predicted octanol–water partition coefficient (Wildman–Crippen LogP) is 5.85. The smallest absolute Gasteiger partial charge is 0.227 e. The molecule has 10 heteroatoms. The second-order valence-electron chi connectivity index (χ2n) is 9.45. The minimum absolute atomic E-state index is 0.0537. The maximum atomic E-state index is 13.5. The molecule has 0 aliphatic carbocycles.